The Morgan fingerprint density at radius 3 is 2.38 bits per heavy atom. The monoisotopic (exact) mass is 523 g/mol. The van der Waals surface area contributed by atoms with Crippen LogP contribution in [-0.2, 0) is 14.3 Å². The molecule has 1 unspecified atom stereocenters. The summed E-state index contributed by atoms with van der Waals surface area (Å²) in [6.07, 6.45) is -0.319. The molecule has 0 radical (unpaired) electrons. The maximum Gasteiger partial charge on any atom is 0.408 e. The van der Waals surface area contributed by atoms with E-state index in [-0.39, 0.29) is 56.0 Å². The van der Waals surface area contributed by atoms with E-state index in [0.29, 0.717) is 31.4 Å². The van der Waals surface area contributed by atoms with Gasteiger partial charge < -0.3 is 25.8 Å². The number of aliphatic hydroxyl groups excluding tert-OH is 1. The summed E-state index contributed by atoms with van der Waals surface area (Å²) in [5.74, 6) is -3.76. The van der Waals surface area contributed by atoms with Gasteiger partial charge in [-0.15, -0.1) is 0 Å². The van der Waals surface area contributed by atoms with Gasteiger partial charge in [-0.25, -0.2) is 13.6 Å². The number of hydrogen-bond donors (Lipinski definition) is 4. The van der Waals surface area contributed by atoms with Gasteiger partial charge in [0.2, 0.25) is 17.7 Å². The number of nitrogens with one attached hydrogen (secondary N) is 3. The number of halogens is 2. The van der Waals surface area contributed by atoms with Crippen LogP contribution in [0, 0.1) is 17.8 Å². The summed E-state index contributed by atoms with van der Waals surface area (Å²) in [5.41, 5.74) is 0.716. The number of alkyl carbamates (subject to hydrolysis) is 1. The zero-order chi connectivity index (χ0) is 27.0. The van der Waals surface area contributed by atoms with Gasteiger partial charge in [-0.05, 0) is 43.6 Å². The Hall–Kier alpha value is -2.75. The number of ether oxygens (including phenoxy) is 1. The molecule has 3 rings (SSSR count). The zero-order valence-corrected chi connectivity index (χ0v) is 21.6. The van der Waals surface area contributed by atoms with Gasteiger partial charge in [-0.1, -0.05) is 44.2 Å². The molecule has 8 nitrogen and oxygen atoms in total. The molecule has 1 saturated heterocycles. The molecule has 37 heavy (non-hydrogen) atoms. The number of hydrogen-bond acceptors (Lipinski definition) is 5. The van der Waals surface area contributed by atoms with Crippen LogP contribution in [0.3, 0.4) is 0 Å². The standard InChI is InChI=1S/C27H39F2N3O5/c1-17(2)14-22(25(35)31-21(16-33)15-20-10-13-30-24(20)34)32-26(36)37-23(18-6-4-3-5-7-18)19-8-11-27(28,29)12-9-19/h3-7,17,19-23,33H,8-16H2,1-2H3,(H,30,34)(H,31,35)(H,32,36)/t20-,21-,22-,23?/m0/s1. The zero-order valence-electron chi connectivity index (χ0n) is 21.6. The lowest BCUT2D eigenvalue weighted by molar-refractivity contribution is -0.126. The molecule has 2 fully saturated rings. The van der Waals surface area contributed by atoms with E-state index < -0.39 is 36.1 Å². The molecule has 1 heterocycles. The van der Waals surface area contributed by atoms with Crippen molar-refractivity contribution in [2.24, 2.45) is 17.8 Å². The van der Waals surface area contributed by atoms with Gasteiger partial charge in [-0.3, -0.25) is 9.59 Å². The van der Waals surface area contributed by atoms with Gasteiger partial charge in [0.25, 0.3) is 0 Å². The molecule has 4 atom stereocenters. The minimum absolute atomic E-state index is 0.0646. The fourth-order valence-corrected chi connectivity index (χ4v) is 5.13. The van der Waals surface area contributed by atoms with E-state index in [1.807, 2.05) is 19.9 Å². The first-order valence-corrected chi connectivity index (χ1v) is 13.2. The van der Waals surface area contributed by atoms with E-state index in [1.54, 1.807) is 24.3 Å². The minimum atomic E-state index is -2.71. The molecule has 206 valence electrons. The lowest BCUT2D eigenvalue weighted by Gasteiger charge is -2.34. The van der Waals surface area contributed by atoms with Crippen molar-refractivity contribution in [2.45, 2.75) is 82.9 Å². The average Bonchev–Trinajstić information content (AvgIpc) is 3.26. The molecule has 1 aromatic rings. The highest BCUT2D eigenvalue weighted by Gasteiger charge is 2.40. The quantitative estimate of drug-likeness (QED) is 0.353. The predicted octanol–water partition coefficient (Wildman–Crippen LogP) is 3.70. The topological polar surface area (TPSA) is 117 Å². The first kappa shape index (κ1) is 28.8. The molecular formula is C27H39F2N3O5. The fourth-order valence-electron chi connectivity index (χ4n) is 5.13. The number of carbonyl (C=O) groups excluding carboxylic acids is 3. The van der Waals surface area contributed by atoms with Crippen LogP contribution < -0.4 is 16.0 Å². The van der Waals surface area contributed by atoms with Gasteiger partial charge in [0, 0.05) is 31.2 Å². The van der Waals surface area contributed by atoms with Crippen LogP contribution in [0.4, 0.5) is 13.6 Å². The van der Waals surface area contributed by atoms with Crippen molar-refractivity contribution in [1.82, 2.24) is 16.0 Å². The number of benzene rings is 1. The lowest BCUT2D eigenvalue weighted by Crippen LogP contribution is -2.51. The SMILES string of the molecule is CC(C)C[C@H](NC(=O)OC(c1ccccc1)C1CCC(F)(F)CC1)C(=O)N[C@H](CO)C[C@@H]1CCNC1=O. The molecule has 4 N–H and O–H groups in total. The highest BCUT2D eigenvalue weighted by atomic mass is 19.3. The summed E-state index contributed by atoms with van der Waals surface area (Å²) in [4.78, 5) is 38.0. The van der Waals surface area contributed by atoms with E-state index in [4.69, 9.17) is 4.74 Å². The van der Waals surface area contributed by atoms with E-state index >= 15 is 0 Å². The normalized spacial score (nSPS) is 22.1. The Balaban J connectivity index is 1.66. The number of carbonyl (C=O) groups is 3. The molecular weight excluding hydrogens is 484 g/mol. The van der Waals surface area contributed by atoms with Crippen LogP contribution in [0.15, 0.2) is 30.3 Å². The average molecular weight is 524 g/mol. The summed E-state index contributed by atoms with van der Waals surface area (Å²) < 4.78 is 33.3. The highest BCUT2D eigenvalue weighted by Crippen LogP contribution is 2.42. The van der Waals surface area contributed by atoms with Gasteiger partial charge in [0.1, 0.15) is 12.1 Å². The van der Waals surface area contributed by atoms with Gasteiger partial charge >= 0.3 is 6.09 Å². The summed E-state index contributed by atoms with van der Waals surface area (Å²) in [5, 5.41) is 17.9. The Kier molecular flexibility index (Phi) is 10.3. The first-order valence-electron chi connectivity index (χ1n) is 13.2. The molecule has 0 aromatic heterocycles. The summed E-state index contributed by atoms with van der Waals surface area (Å²) >= 11 is 0. The van der Waals surface area contributed by atoms with Gasteiger partial charge in [0.15, 0.2) is 0 Å². The fraction of sp³-hybridized carbons (Fsp3) is 0.667. The minimum Gasteiger partial charge on any atom is -0.441 e. The Labute approximate surface area is 216 Å². The molecule has 1 aromatic carbocycles. The molecule has 1 aliphatic heterocycles. The van der Waals surface area contributed by atoms with E-state index in [1.165, 1.54) is 0 Å². The van der Waals surface area contributed by atoms with Crippen molar-refractivity contribution in [2.75, 3.05) is 13.2 Å². The molecule has 1 aliphatic carbocycles. The largest absolute Gasteiger partial charge is 0.441 e. The second-order valence-corrected chi connectivity index (χ2v) is 10.7. The summed E-state index contributed by atoms with van der Waals surface area (Å²) in [6, 6.07) is 7.47. The molecule has 10 heteroatoms. The van der Waals surface area contributed by atoms with E-state index in [0.717, 1.165) is 0 Å². The van der Waals surface area contributed by atoms with Crippen LogP contribution in [0.5, 0.6) is 0 Å². The Bertz CT molecular complexity index is 905. The second-order valence-electron chi connectivity index (χ2n) is 10.7. The smallest absolute Gasteiger partial charge is 0.408 e. The third-order valence-electron chi connectivity index (χ3n) is 7.17. The first-order chi connectivity index (χ1) is 17.6. The predicted molar refractivity (Wildman–Crippen MR) is 134 cm³/mol. The summed E-state index contributed by atoms with van der Waals surface area (Å²) in [6.45, 7) is 4.06. The van der Waals surface area contributed by atoms with Gasteiger partial charge in [0.05, 0.1) is 12.6 Å². The molecule has 3 amide bonds. The van der Waals surface area contributed by atoms with Crippen molar-refractivity contribution in [3.05, 3.63) is 35.9 Å². The Morgan fingerprint density at radius 1 is 1.14 bits per heavy atom. The van der Waals surface area contributed by atoms with Crippen molar-refractivity contribution in [1.29, 1.82) is 0 Å². The van der Waals surface area contributed by atoms with Crippen LogP contribution >= 0.6 is 0 Å². The lowest BCUT2D eigenvalue weighted by atomic mass is 9.81. The maximum absolute atomic E-state index is 13.8. The van der Waals surface area contributed by atoms with E-state index in [2.05, 4.69) is 16.0 Å². The number of rotatable bonds is 11. The van der Waals surface area contributed by atoms with Crippen molar-refractivity contribution < 1.29 is 33.0 Å². The third kappa shape index (κ3) is 8.66. The molecule has 2 aliphatic rings. The van der Waals surface area contributed by atoms with E-state index in [9.17, 15) is 28.3 Å². The molecule has 0 spiro atoms. The van der Waals surface area contributed by atoms with Gasteiger partial charge in [-0.2, -0.15) is 0 Å². The van der Waals surface area contributed by atoms with Crippen LogP contribution in [-0.4, -0.2) is 54.2 Å². The van der Waals surface area contributed by atoms with Crippen molar-refractivity contribution in [3.63, 3.8) is 0 Å². The number of amides is 3. The van der Waals surface area contributed by atoms with Crippen molar-refractivity contribution in [3.8, 4) is 0 Å². The third-order valence-corrected chi connectivity index (χ3v) is 7.17. The summed E-state index contributed by atoms with van der Waals surface area (Å²) in [7, 11) is 0. The number of aliphatic hydroxyl groups is 1. The van der Waals surface area contributed by atoms with Crippen LogP contribution in [0.25, 0.3) is 0 Å². The second kappa shape index (κ2) is 13.2. The van der Waals surface area contributed by atoms with Crippen LogP contribution in [0.2, 0.25) is 0 Å². The van der Waals surface area contributed by atoms with Crippen molar-refractivity contribution >= 4 is 17.9 Å². The highest BCUT2D eigenvalue weighted by molar-refractivity contribution is 5.86. The molecule has 0 bridgehead atoms. The van der Waals surface area contributed by atoms with Crippen LogP contribution in [0.1, 0.15) is 70.5 Å². The number of alkyl halides is 2. The maximum atomic E-state index is 13.8. The Morgan fingerprint density at radius 2 is 1.81 bits per heavy atom. The molecule has 1 saturated carbocycles.